The standard InChI is InChI=1S/C16H21N5O2/c1-11-4-5-14-17-18-15(21(14)19-11)12-6-8-20(9-7-12)16(22)13-3-2-10-23-13/h4-5,12-13H,2-3,6-10H2,1H3. The number of nitrogens with zero attached hydrogens (tertiary/aromatic N) is 5. The van der Waals surface area contributed by atoms with E-state index in [0.29, 0.717) is 12.5 Å². The molecule has 2 aliphatic rings. The van der Waals surface area contributed by atoms with E-state index in [-0.39, 0.29) is 12.0 Å². The topological polar surface area (TPSA) is 72.6 Å². The van der Waals surface area contributed by atoms with Crippen LogP contribution in [0, 0.1) is 6.92 Å². The Morgan fingerprint density at radius 1 is 1.22 bits per heavy atom. The van der Waals surface area contributed by atoms with Crippen molar-refractivity contribution < 1.29 is 9.53 Å². The van der Waals surface area contributed by atoms with Crippen LogP contribution in [-0.2, 0) is 9.53 Å². The fourth-order valence-corrected chi connectivity index (χ4v) is 3.49. The van der Waals surface area contributed by atoms with Crippen LogP contribution in [-0.4, -0.2) is 56.4 Å². The third kappa shape index (κ3) is 2.69. The van der Waals surface area contributed by atoms with Gasteiger partial charge in [0, 0.05) is 25.6 Å². The molecule has 2 fully saturated rings. The Labute approximate surface area is 134 Å². The van der Waals surface area contributed by atoms with Gasteiger partial charge in [-0.15, -0.1) is 10.2 Å². The Hall–Kier alpha value is -2.02. The summed E-state index contributed by atoms with van der Waals surface area (Å²) in [5.74, 6) is 1.36. The minimum absolute atomic E-state index is 0.154. The molecule has 1 atom stereocenters. The fraction of sp³-hybridized carbons (Fsp3) is 0.625. The number of carbonyl (C=O) groups excluding carboxylic acids is 1. The van der Waals surface area contributed by atoms with Gasteiger partial charge in [-0.1, -0.05) is 0 Å². The Morgan fingerprint density at radius 3 is 2.78 bits per heavy atom. The lowest BCUT2D eigenvalue weighted by Gasteiger charge is -2.32. The van der Waals surface area contributed by atoms with Crippen molar-refractivity contribution in [3.05, 3.63) is 23.7 Å². The smallest absolute Gasteiger partial charge is 0.251 e. The second-order valence-electron chi connectivity index (χ2n) is 6.40. The molecule has 0 saturated carbocycles. The average Bonchev–Trinajstić information content (AvgIpc) is 3.24. The molecule has 0 aliphatic carbocycles. The van der Waals surface area contributed by atoms with E-state index in [0.717, 1.165) is 55.9 Å². The maximum atomic E-state index is 12.4. The molecule has 1 amide bonds. The predicted molar refractivity (Wildman–Crippen MR) is 83.0 cm³/mol. The van der Waals surface area contributed by atoms with Crippen molar-refractivity contribution in [2.75, 3.05) is 19.7 Å². The first-order valence-corrected chi connectivity index (χ1v) is 8.32. The van der Waals surface area contributed by atoms with Gasteiger partial charge in [0.1, 0.15) is 6.10 Å². The van der Waals surface area contributed by atoms with Crippen molar-refractivity contribution in [1.29, 1.82) is 0 Å². The highest BCUT2D eigenvalue weighted by molar-refractivity contribution is 5.81. The van der Waals surface area contributed by atoms with Gasteiger partial charge in [0.05, 0.1) is 5.69 Å². The first-order chi connectivity index (χ1) is 11.2. The van der Waals surface area contributed by atoms with Crippen LogP contribution in [0.25, 0.3) is 5.65 Å². The Morgan fingerprint density at radius 2 is 2.04 bits per heavy atom. The van der Waals surface area contributed by atoms with Crippen LogP contribution in [0.4, 0.5) is 0 Å². The highest BCUT2D eigenvalue weighted by Gasteiger charge is 2.32. The van der Waals surface area contributed by atoms with Crippen LogP contribution in [0.15, 0.2) is 12.1 Å². The lowest BCUT2D eigenvalue weighted by atomic mass is 9.95. The number of fused-ring (bicyclic) bond motifs is 1. The van der Waals surface area contributed by atoms with Crippen LogP contribution in [0.2, 0.25) is 0 Å². The molecule has 2 aromatic heterocycles. The summed E-state index contributed by atoms with van der Waals surface area (Å²) in [6.45, 7) is 4.18. The summed E-state index contributed by atoms with van der Waals surface area (Å²) in [4.78, 5) is 14.3. The lowest BCUT2D eigenvalue weighted by Crippen LogP contribution is -2.43. The van der Waals surface area contributed by atoms with Gasteiger partial charge in [0.2, 0.25) is 0 Å². The summed E-state index contributed by atoms with van der Waals surface area (Å²) in [5, 5.41) is 13.1. The molecule has 0 N–H and O–H groups in total. The first-order valence-electron chi connectivity index (χ1n) is 8.32. The zero-order chi connectivity index (χ0) is 15.8. The van der Waals surface area contributed by atoms with Gasteiger partial charge in [0.15, 0.2) is 11.5 Å². The molecule has 23 heavy (non-hydrogen) atoms. The number of amides is 1. The van der Waals surface area contributed by atoms with Gasteiger partial charge in [-0.25, -0.2) is 0 Å². The van der Waals surface area contributed by atoms with Crippen LogP contribution < -0.4 is 0 Å². The molecule has 7 heteroatoms. The van der Waals surface area contributed by atoms with E-state index in [1.165, 1.54) is 0 Å². The van der Waals surface area contributed by atoms with E-state index in [2.05, 4.69) is 15.3 Å². The minimum atomic E-state index is -0.218. The molecule has 1 unspecified atom stereocenters. The molecule has 0 spiro atoms. The fourth-order valence-electron chi connectivity index (χ4n) is 3.49. The summed E-state index contributed by atoms with van der Waals surface area (Å²) >= 11 is 0. The van der Waals surface area contributed by atoms with Crippen molar-refractivity contribution in [2.45, 2.75) is 44.6 Å². The van der Waals surface area contributed by atoms with Gasteiger partial charge in [0.25, 0.3) is 5.91 Å². The summed E-state index contributed by atoms with van der Waals surface area (Å²) in [7, 11) is 0. The van der Waals surface area contributed by atoms with E-state index < -0.39 is 0 Å². The van der Waals surface area contributed by atoms with Crippen molar-refractivity contribution in [3.8, 4) is 0 Å². The maximum Gasteiger partial charge on any atom is 0.251 e. The molecule has 0 aromatic carbocycles. The number of rotatable bonds is 2. The predicted octanol–water partition coefficient (Wildman–Crippen LogP) is 1.32. The number of aromatic nitrogens is 4. The number of hydrogen-bond donors (Lipinski definition) is 0. The van der Waals surface area contributed by atoms with E-state index in [9.17, 15) is 4.79 Å². The SMILES string of the molecule is Cc1ccc2nnc(C3CCN(C(=O)C4CCCO4)CC3)n2n1. The largest absolute Gasteiger partial charge is 0.368 e. The minimum Gasteiger partial charge on any atom is -0.368 e. The molecule has 4 heterocycles. The Balaban J connectivity index is 1.46. The van der Waals surface area contributed by atoms with Gasteiger partial charge in [-0.2, -0.15) is 9.61 Å². The number of aryl methyl sites for hydroxylation is 1. The lowest BCUT2D eigenvalue weighted by molar-refractivity contribution is -0.142. The van der Waals surface area contributed by atoms with Gasteiger partial charge in [-0.3, -0.25) is 4.79 Å². The average molecular weight is 315 g/mol. The zero-order valence-corrected chi connectivity index (χ0v) is 13.3. The number of likely N-dealkylation sites (tertiary alicyclic amines) is 1. The molecule has 4 rings (SSSR count). The molecule has 2 aliphatic heterocycles. The Kier molecular flexibility index (Phi) is 3.72. The highest BCUT2D eigenvalue weighted by Crippen LogP contribution is 2.28. The first kappa shape index (κ1) is 14.6. The summed E-state index contributed by atoms with van der Waals surface area (Å²) in [5.41, 5.74) is 1.73. The summed E-state index contributed by atoms with van der Waals surface area (Å²) < 4.78 is 7.35. The van der Waals surface area contributed by atoms with E-state index in [1.807, 2.05) is 28.5 Å². The van der Waals surface area contributed by atoms with Crippen molar-refractivity contribution in [3.63, 3.8) is 0 Å². The van der Waals surface area contributed by atoms with E-state index in [1.54, 1.807) is 0 Å². The number of hydrogen-bond acceptors (Lipinski definition) is 5. The molecule has 2 aromatic rings. The van der Waals surface area contributed by atoms with Crippen molar-refractivity contribution >= 4 is 11.6 Å². The van der Waals surface area contributed by atoms with Crippen molar-refractivity contribution in [2.24, 2.45) is 0 Å². The van der Waals surface area contributed by atoms with Crippen molar-refractivity contribution in [1.82, 2.24) is 24.7 Å². The van der Waals surface area contributed by atoms with Crippen LogP contribution in [0.3, 0.4) is 0 Å². The summed E-state index contributed by atoms with van der Waals surface area (Å²) in [6.07, 6.45) is 3.43. The number of ether oxygens (including phenoxy) is 1. The van der Waals surface area contributed by atoms with Gasteiger partial charge in [-0.05, 0) is 44.7 Å². The second kappa shape index (κ2) is 5.88. The quantitative estimate of drug-likeness (QED) is 0.835. The van der Waals surface area contributed by atoms with E-state index in [4.69, 9.17) is 4.74 Å². The van der Waals surface area contributed by atoms with Gasteiger partial charge < -0.3 is 9.64 Å². The molecule has 0 bridgehead atoms. The molecular weight excluding hydrogens is 294 g/mol. The van der Waals surface area contributed by atoms with Crippen LogP contribution in [0.1, 0.15) is 43.1 Å². The third-order valence-electron chi connectivity index (χ3n) is 4.80. The van der Waals surface area contributed by atoms with Crippen LogP contribution >= 0.6 is 0 Å². The third-order valence-corrected chi connectivity index (χ3v) is 4.80. The highest BCUT2D eigenvalue weighted by atomic mass is 16.5. The normalized spacial score (nSPS) is 22.8. The second-order valence-corrected chi connectivity index (χ2v) is 6.40. The van der Waals surface area contributed by atoms with Crippen LogP contribution in [0.5, 0.6) is 0 Å². The molecule has 0 radical (unpaired) electrons. The molecule has 7 nitrogen and oxygen atoms in total. The Bertz CT molecular complexity index is 714. The number of carbonyl (C=O) groups is 1. The summed E-state index contributed by atoms with van der Waals surface area (Å²) in [6, 6.07) is 3.88. The van der Waals surface area contributed by atoms with Gasteiger partial charge >= 0.3 is 0 Å². The molecule has 122 valence electrons. The van der Waals surface area contributed by atoms with E-state index >= 15 is 0 Å². The molecule has 2 saturated heterocycles. The zero-order valence-electron chi connectivity index (χ0n) is 13.3. The maximum absolute atomic E-state index is 12.4. The molecular formula is C16H21N5O2. The number of piperidine rings is 1. The monoisotopic (exact) mass is 315 g/mol.